The van der Waals surface area contributed by atoms with Crippen molar-refractivity contribution in [3.05, 3.63) is 35.9 Å². The van der Waals surface area contributed by atoms with Gasteiger partial charge in [0.15, 0.2) is 0 Å². The van der Waals surface area contributed by atoms with E-state index >= 15 is 0 Å². The molecule has 1 fully saturated rings. The van der Waals surface area contributed by atoms with Crippen LogP contribution in [-0.4, -0.2) is 44.9 Å². The number of hydrogen-bond donors (Lipinski definition) is 1. The highest BCUT2D eigenvalue weighted by Gasteiger charge is 2.39. The van der Waals surface area contributed by atoms with Crippen LogP contribution in [0.5, 0.6) is 0 Å². The molecular formula is C17H26NO3+. The van der Waals surface area contributed by atoms with Crippen LogP contribution in [-0.2, 0) is 9.47 Å². The SMILES string of the molecule is C[NH+](C)C[C@@H]1COC(C)(C)C[C@H]1OC(=O)c1ccccc1. The third kappa shape index (κ3) is 4.55. The van der Waals surface area contributed by atoms with E-state index in [4.69, 9.17) is 9.47 Å². The second-order valence-corrected chi connectivity index (χ2v) is 6.76. The van der Waals surface area contributed by atoms with Gasteiger partial charge in [0.25, 0.3) is 0 Å². The Morgan fingerprint density at radius 2 is 2.00 bits per heavy atom. The highest BCUT2D eigenvalue weighted by Crippen LogP contribution is 2.29. The number of carbonyl (C=O) groups excluding carboxylic acids is 1. The number of carbonyl (C=O) groups is 1. The molecule has 4 nitrogen and oxygen atoms in total. The Kier molecular flexibility index (Phi) is 5.01. The van der Waals surface area contributed by atoms with Crippen molar-refractivity contribution in [1.82, 2.24) is 0 Å². The molecule has 0 aliphatic carbocycles. The van der Waals surface area contributed by atoms with E-state index in [0.717, 1.165) is 13.0 Å². The molecule has 0 spiro atoms. The number of rotatable bonds is 4. The molecule has 1 heterocycles. The van der Waals surface area contributed by atoms with Gasteiger partial charge in [-0.3, -0.25) is 0 Å². The van der Waals surface area contributed by atoms with Gasteiger partial charge in [0, 0.05) is 6.42 Å². The van der Waals surface area contributed by atoms with Gasteiger partial charge in [-0.25, -0.2) is 4.79 Å². The summed E-state index contributed by atoms with van der Waals surface area (Å²) in [6.07, 6.45) is 0.653. The van der Waals surface area contributed by atoms with Crippen LogP contribution in [0.15, 0.2) is 30.3 Å². The van der Waals surface area contributed by atoms with E-state index < -0.39 is 0 Å². The first-order valence-electron chi connectivity index (χ1n) is 7.56. The standard InChI is InChI=1S/C17H25NO3/c1-17(2)10-15(14(12-20-17)11-18(3)4)21-16(19)13-8-6-5-7-9-13/h5-9,14-15H,10-12H2,1-4H3/p+1/t14-,15-/m1/s1. The molecule has 0 saturated carbocycles. The van der Waals surface area contributed by atoms with E-state index in [9.17, 15) is 4.79 Å². The smallest absolute Gasteiger partial charge is 0.338 e. The molecule has 0 amide bonds. The highest BCUT2D eigenvalue weighted by atomic mass is 16.6. The Labute approximate surface area is 127 Å². The lowest BCUT2D eigenvalue weighted by atomic mass is 9.88. The molecular weight excluding hydrogens is 266 g/mol. The summed E-state index contributed by atoms with van der Waals surface area (Å²) in [6.45, 7) is 5.68. The molecule has 2 rings (SSSR count). The van der Waals surface area contributed by atoms with Gasteiger partial charge in [0.2, 0.25) is 0 Å². The highest BCUT2D eigenvalue weighted by molar-refractivity contribution is 5.89. The minimum atomic E-state index is -0.239. The minimum Gasteiger partial charge on any atom is -0.458 e. The molecule has 1 aliphatic heterocycles. The van der Waals surface area contributed by atoms with Gasteiger partial charge >= 0.3 is 5.97 Å². The van der Waals surface area contributed by atoms with Crippen molar-refractivity contribution < 1.29 is 19.2 Å². The largest absolute Gasteiger partial charge is 0.458 e. The van der Waals surface area contributed by atoms with Crippen LogP contribution in [0.4, 0.5) is 0 Å². The van der Waals surface area contributed by atoms with E-state index in [0.29, 0.717) is 12.2 Å². The quantitative estimate of drug-likeness (QED) is 0.847. The fourth-order valence-corrected chi connectivity index (χ4v) is 2.78. The Morgan fingerprint density at radius 1 is 1.33 bits per heavy atom. The van der Waals surface area contributed by atoms with Gasteiger partial charge < -0.3 is 14.4 Å². The zero-order chi connectivity index (χ0) is 15.5. The molecule has 1 aromatic carbocycles. The monoisotopic (exact) mass is 292 g/mol. The maximum Gasteiger partial charge on any atom is 0.338 e. The van der Waals surface area contributed by atoms with Crippen molar-refractivity contribution in [3.63, 3.8) is 0 Å². The van der Waals surface area contributed by atoms with E-state index in [-0.39, 0.29) is 23.6 Å². The van der Waals surface area contributed by atoms with Crippen molar-refractivity contribution in [1.29, 1.82) is 0 Å². The summed E-state index contributed by atoms with van der Waals surface area (Å²) in [7, 11) is 4.21. The van der Waals surface area contributed by atoms with E-state index in [1.165, 1.54) is 4.90 Å². The molecule has 21 heavy (non-hydrogen) atoms. The number of benzene rings is 1. The maximum absolute atomic E-state index is 12.3. The van der Waals surface area contributed by atoms with Crippen molar-refractivity contribution in [2.75, 3.05) is 27.2 Å². The summed E-state index contributed by atoms with van der Waals surface area (Å²) in [5, 5.41) is 0. The zero-order valence-corrected chi connectivity index (χ0v) is 13.4. The maximum atomic E-state index is 12.3. The Bertz CT molecular complexity index is 470. The fraction of sp³-hybridized carbons (Fsp3) is 0.588. The second kappa shape index (κ2) is 6.58. The summed E-state index contributed by atoms with van der Waals surface area (Å²) in [5.74, 6) is 0.00717. The first-order chi connectivity index (χ1) is 9.87. The van der Waals surface area contributed by atoms with Gasteiger partial charge in [-0.05, 0) is 26.0 Å². The minimum absolute atomic E-state index is 0.0867. The van der Waals surface area contributed by atoms with Crippen molar-refractivity contribution in [2.45, 2.75) is 32.0 Å². The molecule has 0 unspecified atom stereocenters. The molecule has 1 aliphatic rings. The normalized spacial score (nSPS) is 24.8. The van der Waals surface area contributed by atoms with Crippen molar-refractivity contribution in [2.24, 2.45) is 5.92 Å². The lowest BCUT2D eigenvalue weighted by Crippen LogP contribution is -3.07. The zero-order valence-electron chi connectivity index (χ0n) is 13.4. The summed E-state index contributed by atoms with van der Waals surface area (Å²) < 4.78 is 11.7. The second-order valence-electron chi connectivity index (χ2n) is 6.76. The topological polar surface area (TPSA) is 40.0 Å². The Hall–Kier alpha value is -1.39. The molecule has 0 radical (unpaired) electrons. The van der Waals surface area contributed by atoms with Crippen molar-refractivity contribution in [3.8, 4) is 0 Å². The molecule has 4 heteroatoms. The number of ether oxygens (including phenoxy) is 2. The summed E-state index contributed by atoms with van der Waals surface area (Å²) in [6, 6.07) is 9.18. The molecule has 116 valence electrons. The number of esters is 1. The van der Waals surface area contributed by atoms with Crippen LogP contribution in [0, 0.1) is 5.92 Å². The predicted octanol–water partition coefficient (Wildman–Crippen LogP) is 1.17. The molecule has 1 N–H and O–H groups in total. The first kappa shape index (κ1) is 16.0. The number of nitrogens with one attached hydrogen (secondary N) is 1. The number of hydrogen-bond acceptors (Lipinski definition) is 3. The average Bonchev–Trinajstić information content (AvgIpc) is 2.42. The van der Waals surface area contributed by atoms with Crippen LogP contribution >= 0.6 is 0 Å². The van der Waals surface area contributed by atoms with Gasteiger partial charge in [-0.1, -0.05) is 18.2 Å². The summed E-state index contributed by atoms with van der Waals surface area (Å²) in [4.78, 5) is 13.6. The van der Waals surface area contributed by atoms with Crippen LogP contribution in [0.25, 0.3) is 0 Å². The first-order valence-corrected chi connectivity index (χ1v) is 7.56. The molecule has 1 aromatic rings. The van der Waals surface area contributed by atoms with Gasteiger partial charge in [0.05, 0.1) is 44.3 Å². The van der Waals surface area contributed by atoms with E-state index in [2.05, 4.69) is 27.9 Å². The lowest BCUT2D eigenvalue weighted by Gasteiger charge is -2.40. The van der Waals surface area contributed by atoms with E-state index in [1.54, 1.807) is 12.1 Å². The van der Waals surface area contributed by atoms with Crippen LogP contribution < -0.4 is 4.90 Å². The molecule has 1 saturated heterocycles. The average molecular weight is 292 g/mol. The van der Waals surface area contributed by atoms with Gasteiger partial charge in [0.1, 0.15) is 6.10 Å². The Balaban J connectivity index is 2.07. The van der Waals surface area contributed by atoms with Crippen LogP contribution in [0.1, 0.15) is 30.6 Å². The number of quaternary nitrogens is 1. The molecule has 0 bridgehead atoms. The fourth-order valence-electron chi connectivity index (χ4n) is 2.78. The van der Waals surface area contributed by atoms with Gasteiger partial charge in [-0.2, -0.15) is 0 Å². The van der Waals surface area contributed by atoms with E-state index in [1.807, 2.05) is 18.2 Å². The Morgan fingerprint density at radius 3 is 2.62 bits per heavy atom. The van der Waals surface area contributed by atoms with Crippen molar-refractivity contribution >= 4 is 5.97 Å². The molecule has 2 atom stereocenters. The third-order valence-electron chi connectivity index (χ3n) is 3.85. The predicted molar refractivity (Wildman–Crippen MR) is 81.5 cm³/mol. The third-order valence-corrected chi connectivity index (χ3v) is 3.85. The van der Waals surface area contributed by atoms with Crippen LogP contribution in [0.2, 0.25) is 0 Å². The molecule has 0 aromatic heterocycles. The van der Waals surface area contributed by atoms with Gasteiger partial charge in [-0.15, -0.1) is 0 Å². The van der Waals surface area contributed by atoms with Crippen LogP contribution in [0.3, 0.4) is 0 Å². The summed E-state index contributed by atoms with van der Waals surface area (Å²) in [5.41, 5.74) is 0.373. The summed E-state index contributed by atoms with van der Waals surface area (Å²) >= 11 is 0. The lowest BCUT2D eigenvalue weighted by molar-refractivity contribution is -0.863.